The van der Waals surface area contributed by atoms with Gasteiger partial charge in [0.1, 0.15) is 0 Å². The first kappa shape index (κ1) is 16.1. The fraction of sp³-hybridized carbons (Fsp3) is 0.875. The van der Waals surface area contributed by atoms with Gasteiger partial charge in [-0.25, -0.2) is 4.79 Å². The van der Waals surface area contributed by atoms with Crippen LogP contribution in [0.25, 0.3) is 0 Å². The van der Waals surface area contributed by atoms with Crippen LogP contribution in [0.3, 0.4) is 0 Å². The number of nitrogens with zero attached hydrogens (tertiary/aromatic N) is 1. The number of carboxylic acid groups (broad SMARTS) is 1. The van der Waals surface area contributed by atoms with Crippen LogP contribution in [-0.4, -0.2) is 41.1 Å². The van der Waals surface area contributed by atoms with Gasteiger partial charge >= 0.3 is 12.0 Å². The maximum absolute atomic E-state index is 12.4. The van der Waals surface area contributed by atoms with E-state index >= 15 is 0 Å². The highest BCUT2D eigenvalue weighted by molar-refractivity contribution is 5.76. The fourth-order valence-electron chi connectivity index (χ4n) is 3.70. The summed E-state index contributed by atoms with van der Waals surface area (Å²) in [5.41, 5.74) is 0. The summed E-state index contributed by atoms with van der Waals surface area (Å²) in [6.45, 7) is 3.15. The van der Waals surface area contributed by atoms with Crippen molar-refractivity contribution in [2.45, 2.75) is 64.3 Å². The Balaban J connectivity index is 1.87. The van der Waals surface area contributed by atoms with E-state index in [4.69, 9.17) is 5.11 Å². The summed E-state index contributed by atoms with van der Waals surface area (Å²) < 4.78 is 0. The number of piperidine rings is 1. The van der Waals surface area contributed by atoms with Crippen molar-refractivity contribution < 1.29 is 14.7 Å². The molecule has 0 spiro atoms. The maximum Gasteiger partial charge on any atom is 0.317 e. The summed E-state index contributed by atoms with van der Waals surface area (Å²) in [5, 5.41) is 12.3. The van der Waals surface area contributed by atoms with Crippen molar-refractivity contribution in [1.82, 2.24) is 10.2 Å². The summed E-state index contributed by atoms with van der Waals surface area (Å²) in [4.78, 5) is 25.2. The third-order valence-electron chi connectivity index (χ3n) is 5.03. The van der Waals surface area contributed by atoms with Crippen LogP contribution >= 0.6 is 0 Å². The molecule has 2 rings (SSSR count). The second-order valence-corrected chi connectivity index (χ2v) is 6.49. The van der Waals surface area contributed by atoms with Gasteiger partial charge in [0.2, 0.25) is 0 Å². The van der Waals surface area contributed by atoms with Gasteiger partial charge in [-0.3, -0.25) is 4.79 Å². The molecule has 0 bridgehead atoms. The first-order valence-corrected chi connectivity index (χ1v) is 8.40. The normalized spacial score (nSPS) is 25.4. The molecule has 2 fully saturated rings. The Kier molecular flexibility index (Phi) is 5.88. The highest BCUT2D eigenvalue weighted by Crippen LogP contribution is 2.28. The first-order valence-electron chi connectivity index (χ1n) is 8.40. The molecule has 0 aromatic heterocycles. The van der Waals surface area contributed by atoms with E-state index in [9.17, 15) is 9.59 Å². The largest absolute Gasteiger partial charge is 0.481 e. The number of carbonyl (C=O) groups is 2. The van der Waals surface area contributed by atoms with E-state index in [1.165, 1.54) is 32.1 Å². The number of hydrogen-bond acceptors (Lipinski definition) is 2. The number of carbonyl (C=O) groups excluding carboxylic acids is 1. The summed E-state index contributed by atoms with van der Waals surface area (Å²) in [5.74, 6) is -0.598. The van der Waals surface area contributed by atoms with Gasteiger partial charge in [0.15, 0.2) is 0 Å². The predicted octanol–water partition coefficient (Wildman–Crippen LogP) is 2.85. The zero-order chi connectivity index (χ0) is 15.2. The Labute approximate surface area is 127 Å². The lowest BCUT2D eigenvalue weighted by Gasteiger charge is -2.35. The predicted molar refractivity (Wildman–Crippen MR) is 81.1 cm³/mol. The molecule has 5 heteroatoms. The van der Waals surface area contributed by atoms with Crippen molar-refractivity contribution in [3.8, 4) is 0 Å². The van der Waals surface area contributed by atoms with E-state index in [-0.39, 0.29) is 12.1 Å². The molecule has 1 heterocycles. The molecule has 1 aliphatic heterocycles. The minimum atomic E-state index is -0.785. The number of rotatable bonds is 4. The number of nitrogens with one attached hydrogen (secondary N) is 1. The average molecular weight is 296 g/mol. The highest BCUT2D eigenvalue weighted by Gasteiger charge is 2.30. The van der Waals surface area contributed by atoms with Crippen LogP contribution < -0.4 is 5.32 Å². The lowest BCUT2D eigenvalue weighted by Crippen LogP contribution is -2.51. The summed E-state index contributed by atoms with van der Waals surface area (Å²) in [6, 6.07) is 0.168. The van der Waals surface area contributed by atoms with E-state index in [2.05, 4.69) is 12.2 Å². The Morgan fingerprint density at radius 1 is 1.19 bits per heavy atom. The van der Waals surface area contributed by atoms with E-state index < -0.39 is 11.9 Å². The molecule has 0 radical (unpaired) electrons. The van der Waals surface area contributed by atoms with Gasteiger partial charge < -0.3 is 15.3 Å². The van der Waals surface area contributed by atoms with Crippen LogP contribution in [0.1, 0.15) is 58.3 Å². The monoisotopic (exact) mass is 296 g/mol. The first-order chi connectivity index (χ1) is 10.1. The summed E-state index contributed by atoms with van der Waals surface area (Å²) in [7, 11) is 0. The number of carboxylic acids is 1. The van der Waals surface area contributed by atoms with Crippen molar-refractivity contribution in [2.75, 3.05) is 13.1 Å². The van der Waals surface area contributed by atoms with Crippen LogP contribution in [0.2, 0.25) is 0 Å². The minimum Gasteiger partial charge on any atom is -0.481 e. The Bertz CT molecular complexity index is 367. The number of hydrogen-bond donors (Lipinski definition) is 2. The fourth-order valence-corrected chi connectivity index (χ4v) is 3.70. The summed E-state index contributed by atoms with van der Waals surface area (Å²) >= 11 is 0. The van der Waals surface area contributed by atoms with E-state index in [1.54, 1.807) is 4.90 Å². The molecule has 0 aromatic carbocycles. The second-order valence-electron chi connectivity index (χ2n) is 6.49. The Morgan fingerprint density at radius 3 is 2.52 bits per heavy atom. The molecule has 0 aromatic rings. The molecular formula is C16H28N2O3. The SMILES string of the molecule is CCC(NC(=O)N1CCC[C@@H](C(=O)O)C1)C1CCCCC1. The number of aliphatic carboxylic acids is 1. The van der Waals surface area contributed by atoms with Gasteiger partial charge in [-0.2, -0.15) is 0 Å². The number of likely N-dealkylation sites (tertiary alicyclic amines) is 1. The third-order valence-corrected chi connectivity index (χ3v) is 5.03. The highest BCUT2D eigenvalue weighted by atomic mass is 16.4. The average Bonchev–Trinajstić information content (AvgIpc) is 2.53. The topological polar surface area (TPSA) is 69.6 Å². The molecular weight excluding hydrogens is 268 g/mol. The standard InChI is InChI=1S/C16H28N2O3/c1-2-14(12-7-4-3-5-8-12)17-16(21)18-10-6-9-13(11-18)15(19)20/h12-14H,2-11H2,1H3,(H,17,21)(H,19,20)/t13-,14?/m1/s1. The number of urea groups is 1. The molecule has 2 N–H and O–H groups in total. The lowest BCUT2D eigenvalue weighted by molar-refractivity contribution is -0.143. The molecule has 5 nitrogen and oxygen atoms in total. The zero-order valence-corrected chi connectivity index (χ0v) is 13.0. The smallest absolute Gasteiger partial charge is 0.317 e. The maximum atomic E-state index is 12.4. The van der Waals surface area contributed by atoms with Crippen molar-refractivity contribution in [3.63, 3.8) is 0 Å². The molecule has 2 aliphatic rings. The van der Waals surface area contributed by atoms with Crippen LogP contribution in [0.15, 0.2) is 0 Å². The van der Waals surface area contributed by atoms with E-state index in [1.807, 2.05) is 0 Å². The quantitative estimate of drug-likeness (QED) is 0.838. The van der Waals surface area contributed by atoms with Gasteiger partial charge in [-0.15, -0.1) is 0 Å². The molecule has 21 heavy (non-hydrogen) atoms. The van der Waals surface area contributed by atoms with Crippen molar-refractivity contribution in [2.24, 2.45) is 11.8 Å². The molecule has 1 saturated heterocycles. The molecule has 120 valence electrons. The Hall–Kier alpha value is -1.26. The van der Waals surface area contributed by atoms with Crippen LogP contribution in [-0.2, 0) is 4.79 Å². The van der Waals surface area contributed by atoms with Crippen molar-refractivity contribution in [1.29, 1.82) is 0 Å². The van der Waals surface area contributed by atoms with Gasteiger partial charge in [-0.05, 0) is 38.0 Å². The third kappa shape index (κ3) is 4.35. The van der Waals surface area contributed by atoms with E-state index in [0.717, 1.165) is 12.8 Å². The second kappa shape index (κ2) is 7.66. The van der Waals surface area contributed by atoms with Gasteiger partial charge in [-0.1, -0.05) is 26.2 Å². The molecule has 2 atom stereocenters. The zero-order valence-electron chi connectivity index (χ0n) is 13.0. The lowest BCUT2D eigenvalue weighted by atomic mass is 9.83. The number of amides is 2. The van der Waals surface area contributed by atoms with Crippen molar-refractivity contribution >= 4 is 12.0 Å². The molecule has 1 aliphatic carbocycles. The van der Waals surface area contributed by atoms with E-state index in [0.29, 0.717) is 25.4 Å². The summed E-state index contributed by atoms with van der Waals surface area (Å²) in [6.07, 6.45) is 8.67. The van der Waals surface area contributed by atoms with Gasteiger partial charge in [0.25, 0.3) is 0 Å². The molecule has 1 unspecified atom stereocenters. The molecule has 2 amide bonds. The van der Waals surface area contributed by atoms with Crippen molar-refractivity contribution in [3.05, 3.63) is 0 Å². The van der Waals surface area contributed by atoms with Crippen LogP contribution in [0.5, 0.6) is 0 Å². The van der Waals surface area contributed by atoms with Gasteiger partial charge in [0.05, 0.1) is 5.92 Å². The van der Waals surface area contributed by atoms with Crippen LogP contribution in [0.4, 0.5) is 4.79 Å². The minimum absolute atomic E-state index is 0.0710. The van der Waals surface area contributed by atoms with Gasteiger partial charge in [0, 0.05) is 19.1 Å². The van der Waals surface area contributed by atoms with Crippen LogP contribution in [0, 0.1) is 11.8 Å². The molecule has 1 saturated carbocycles. The Morgan fingerprint density at radius 2 is 1.90 bits per heavy atom.